The first kappa shape index (κ1) is 28.0. The molecule has 1 aromatic rings. The van der Waals surface area contributed by atoms with Gasteiger partial charge in [0.15, 0.2) is 6.10 Å². The summed E-state index contributed by atoms with van der Waals surface area (Å²) in [6.45, 7) is -0.710. The van der Waals surface area contributed by atoms with Gasteiger partial charge in [0, 0.05) is 6.42 Å². The highest BCUT2D eigenvalue weighted by molar-refractivity contribution is 5.74. The fourth-order valence-corrected chi connectivity index (χ4v) is 4.58. The number of ether oxygens (including phenoxy) is 1. The van der Waals surface area contributed by atoms with Crippen molar-refractivity contribution in [3.63, 3.8) is 0 Å². The summed E-state index contributed by atoms with van der Waals surface area (Å²) in [6, 6.07) is 9.75. The van der Waals surface area contributed by atoms with Crippen LogP contribution in [0.2, 0.25) is 0 Å². The van der Waals surface area contributed by atoms with Gasteiger partial charge in [-0.1, -0.05) is 42.5 Å². The predicted octanol–water partition coefficient (Wildman–Crippen LogP) is 2.22. The van der Waals surface area contributed by atoms with Crippen molar-refractivity contribution in [2.75, 3.05) is 6.61 Å². The van der Waals surface area contributed by atoms with Gasteiger partial charge in [0.05, 0.1) is 18.8 Å². The Balaban J connectivity index is 1.94. The molecule has 5 N–H and O–H groups in total. The van der Waals surface area contributed by atoms with Gasteiger partial charge >= 0.3 is 11.9 Å². The Bertz CT molecular complexity index is 765. The average Bonchev–Trinajstić information content (AvgIpc) is 3.09. The number of rotatable bonds is 15. The second kappa shape index (κ2) is 14.9. The van der Waals surface area contributed by atoms with Crippen LogP contribution in [-0.4, -0.2) is 68.5 Å². The number of hydrogen-bond acceptors (Lipinski definition) is 7. The van der Waals surface area contributed by atoms with Crippen LogP contribution in [-0.2, 0) is 20.7 Å². The Hall–Kier alpha value is -2.26. The van der Waals surface area contributed by atoms with E-state index in [1.54, 1.807) is 0 Å². The van der Waals surface area contributed by atoms with E-state index in [-0.39, 0.29) is 18.3 Å². The number of carbonyl (C=O) groups is 2. The zero-order chi connectivity index (χ0) is 24.9. The number of hydrogen-bond donors (Lipinski definition) is 5. The molecule has 0 aliphatic heterocycles. The van der Waals surface area contributed by atoms with Gasteiger partial charge in [-0.05, 0) is 68.8 Å². The molecular weight excluding hydrogens is 440 g/mol. The summed E-state index contributed by atoms with van der Waals surface area (Å²) in [4.78, 5) is 22.7. The number of aryl methyl sites for hydroxylation is 1. The van der Waals surface area contributed by atoms with Gasteiger partial charge in [-0.25, -0.2) is 4.79 Å². The third kappa shape index (κ3) is 9.54. The van der Waals surface area contributed by atoms with Crippen LogP contribution in [0.3, 0.4) is 0 Å². The molecule has 0 bridgehead atoms. The summed E-state index contributed by atoms with van der Waals surface area (Å²) in [5.74, 6) is -2.00. The van der Waals surface area contributed by atoms with E-state index >= 15 is 0 Å². The van der Waals surface area contributed by atoms with Gasteiger partial charge in [0.2, 0.25) is 0 Å². The highest BCUT2D eigenvalue weighted by Crippen LogP contribution is 2.38. The molecule has 2 rings (SSSR count). The van der Waals surface area contributed by atoms with Gasteiger partial charge < -0.3 is 30.3 Å². The fourth-order valence-electron chi connectivity index (χ4n) is 4.58. The van der Waals surface area contributed by atoms with E-state index in [0.717, 1.165) is 5.56 Å². The first-order chi connectivity index (χ1) is 16.3. The number of aliphatic hydroxyl groups excluding tert-OH is 4. The molecule has 1 aromatic carbocycles. The van der Waals surface area contributed by atoms with Crippen LogP contribution in [0, 0.1) is 11.8 Å². The van der Waals surface area contributed by atoms with Gasteiger partial charge in [-0.3, -0.25) is 4.79 Å². The van der Waals surface area contributed by atoms with Crippen molar-refractivity contribution in [1.29, 1.82) is 0 Å². The number of carboxylic acid groups (broad SMARTS) is 1. The van der Waals surface area contributed by atoms with Crippen molar-refractivity contribution in [3.05, 3.63) is 48.0 Å². The quantitative estimate of drug-likeness (QED) is 0.147. The molecule has 0 spiro atoms. The number of esters is 1. The molecule has 1 saturated carbocycles. The number of carbonyl (C=O) groups excluding carboxylic acids is 1. The molecule has 1 unspecified atom stereocenters. The minimum atomic E-state index is -1.59. The lowest BCUT2D eigenvalue weighted by Gasteiger charge is -2.25. The number of aliphatic hydroxyl groups is 4. The molecule has 1 fully saturated rings. The van der Waals surface area contributed by atoms with Crippen LogP contribution in [0.5, 0.6) is 0 Å². The van der Waals surface area contributed by atoms with E-state index in [2.05, 4.69) is 0 Å². The molecule has 0 aromatic heterocycles. The third-order valence-electron chi connectivity index (χ3n) is 6.51. The molecular formula is C26H38O8. The predicted molar refractivity (Wildman–Crippen MR) is 126 cm³/mol. The molecule has 0 radical (unpaired) electrons. The van der Waals surface area contributed by atoms with Crippen molar-refractivity contribution < 1.29 is 39.9 Å². The minimum absolute atomic E-state index is 0.117. The molecule has 1 aliphatic carbocycles. The summed E-state index contributed by atoms with van der Waals surface area (Å²) in [7, 11) is 0. The molecule has 34 heavy (non-hydrogen) atoms. The third-order valence-corrected chi connectivity index (χ3v) is 6.51. The van der Waals surface area contributed by atoms with E-state index in [9.17, 15) is 24.9 Å². The highest BCUT2D eigenvalue weighted by atomic mass is 16.6. The number of unbranched alkanes of at least 4 members (excludes halogenated alkanes) is 1. The number of benzene rings is 1. The molecule has 0 heterocycles. The van der Waals surface area contributed by atoms with Crippen molar-refractivity contribution in [1.82, 2.24) is 0 Å². The second-order valence-electron chi connectivity index (χ2n) is 9.05. The Morgan fingerprint density at radius 2 is 1.76 bits per heavy atom. The first-order valence-electron chi connectivity index (χ1n) is 12.1. The zero-order valence-electron chi connectivity index (χ0n) is 19.5. The van der Waals surface area contributed by atoms with Crippen LogP contribution in [0.25, 0.3) is 0 Å². The minimum Gasteiger partial charge on any atom is -0.481 e. The number of carboxylic acids is 1. The molecule has 190 valence electrons. The fraction of sp³-hybridized carbons (Fsp3) is 0.615. The van der Waals surface area contributed by atoms with Crippen molar-refractivity contribution in [2.24, 2.45) is 11.8 Å². The lowest BCUT2D eigenvalue weighted by molar-refractivity contribution is -0.162. The summed E-state index contributed by atoms with van der Waals surface area (Å²) < 4.78 is 5.47. The van der Waals surface area contributed by atoms with Crippen LogP contribution in [0.1, 0.15) is 56.9 Å². The van der Waals surface area contributed by atoms with Crippen molar-refractivity contribution >= 4 is 11.9 Å². The lowest BCUT2D eigenvalue weighted by Crippen LogP contribution is -2.32. The first-order valence-corrected chi connectivity index (χ1v) is 12.1. The molecule has 1 aliphatic rings. The molecule has 6 atom stereocenters. The van der Waals surface area contributed by atoms with E-state index < -0.39 is 43.0 Å². The van der Waals surface area contributed by atoms with Crippen LogP contribution in [0.4, 0.5) is 0 Å². The van der Waals surface area contributed by atoms with E-state index in [0.29, 0.717) is 51.4 Å². The van der Waals surface area contributed by atoms with Gasteiger partial charge in [0.1, 0.15) is 6.10 Å². The van der Waals surface area contributed by atoms with E-state index in [4.69, 9.17) is 14.9 Å². The summed E-state index contributed by atoms with van der Waals surface area (Å²) in [5, 5.41) is 48.3. The smallest absolute Gasteiger partial charge is 0.337 e. The normalized spacial score (nSPS) is 24.2. The van der Waals surface area contributed by atoms with Crippen LogP contribution >= 0.6 is 0 Å². The maximum absolute atomic E-state index is 12.1. The Morgan fingerprint density at radius 1 is 1.06 bits per heavy atom. The molecule has 0 amide bonds. The maximum Gasteiger partial charge on any atom is 0.337 e. The van der Waals surface area contributed by atoms with Crippen LogP contribution in [0.15, 0.2) is 42.5 Å². The van der Waals surface area contributed by atoms with Crippen molar-refractivity contribution in [3.8, 4) is 0 Å². The molecule has 8 nitrogen and oxygen atoms in total. The number of aliphatic carboxylic acids is 1. The van der Waals surface area contributed by atoms with Gasteiger partial charge in [-0.2, -0.15) is 0 Å². The monoisotopic (exact) mass is 478 g/mol. The average molecular weight is 479 g/mol. The van der Waals surface area contributed by atoms with E-state index in [1.807, 2.05) is 42.5 Å². The van der Waals surface area contributed by atoms with Crippen molar-refractivity contribution in [2.45, 2.75) is 82.2 Å². The Kier molecular flexibility index (Phi) is 12.2. The second-order valence-corrected chi connectivity index (χ2v) is 9.05. The largest absolute Gasteiger partial charge is 0.481 e. The molecule has 0 saturated heterocycles. The SMILES string of the molecule is O=C(O)CCC/C=C\C[C@@H]1[C@@H](CC[C@H](CCc2ccccc2)OC(=O)C(O)CO)[C@H](O)C[C@@H]1O. The Labute approximate surface area is 200 Å². The highest BCUT2D eigenvalue weighted by Gasteiger charge is 2.41. The summed E-state index contributed by atoms with van der Waals surface area (Å²) in [6.07, 6.45) is 4.87. The molecule has 8 heteroatoms. The zero-order valence-corrected chi connectivity index (χ0v) is 19.5. The lowest BCUT2D eigenvalue weighted by atomic mass is 9.85. The standard InChI is InChI=1S/C26H38O8/c27-17-24(30)26(33)34-19(13-12-18-8-4-3-5-9-18)14-15-21-20(22(28)16-23(21)29)10-6-1-2-7-11-25(31)32/h1,3-6,8-9,19-24,27-30H,2,7,10-17H2,(H,31,32)/b6-1-/t19-,20+,21+,22-,23+,24?/m0/s1. The Morgan fingerprint density at radius 3 is 2.44 bits per heavy atom. The summed E-state index contributed by atoms with van der Waals surface area (Å²) in [5.41, 5.74) is 1.09. The van der Waals surface area contributed by atoms with E-state index in [1.165, 1.54) is 0 Å². The number of allylic oxidation sites excluding steroid dienone is 2. The van der Waals surface area contributed by atoms with Crippen LogP contribution < -0.4 is 0 Å². The maximum atomic E-state index is 12.1. The topological polar surface area (TPSA) is 145 Å². The summed E-state index contributed by atoms with van der Waals surface area (Å²) >= 11 is 0. The van der Waals surface area contributed by atoms with Gasteiger partial charge in [-0.15, -0.1) is 0 Å². The van der Waals surface area contributed by atoms with Gasteiger partial charge in [0.25, 0.3) is 0 Å².